The number of ether oxygens (including phenoxy) is 1. The van der Waals surface area contributed by atoms with E-state index in [0.29, 0.717) is 11.8 Å². The van der Waals surface area contributed by atoms with E-state index in [1.165, 1.54) is 0 Å². The fourth-order valence-electron chi connectivity index (χ4n) is 1.83. The van der Waals surface area contributed by atoms with Crippen LogP contribution in [0.25, 0.3) is 0 Å². The highest BCUT2D eigenvalue weighted by Gasteiger charge is 2.09. The number of rotatable bonds is 7. The van der Waals surface area contributed by atoms with Crippen LogP contribution in [0.15, 0.2) is 48.5 Å². The monoisotopic (exact) mass is 334 g/mol. The molecule has 126 valence electrons. The highest BCUT2D eigenvalue weighted by atomic mass is 19.1. The molecular formula is C17H16F2N2O3. The van der Waals surface area contributed by atoms with Gasteiger partial charge in [-0.15, -0.1) is 0 Å². The largest absolute Gasteiger partial charge is 0.493 e. The first-order valence-corrected chi connectivity index (χ1v) is 7.24. The summed E-state index contributed by atoms with van der Waals surface area (Å²) in [5.41, 5.74) is -0.150. The topological polar surface area (TPSA) is 67.4 Å². The van der Waals surface area contributed by atoms with E-state index in [-0.39, 0.29) is 31.2 Å². The number of hydrogen-bond acceptors (Lipinski definition) is 3. The van der Waals surface area contributed by atoms with Crippen molar-refractivity contribution in [3.05, 3.63) is 60.2 Å². The normalized spacial score (nSPS) is 10.1. The second-order valence-electron chi connectivity index (χ2n) is 4.86. The summed E-state index contributed by atoms with van der Waals surface area (Å²) >= 11 is 0. The maximum atomic E-state index is 13.4. The molecule has 24 heavy (non-hydrogen) atoms. The summed E-state index contributed by atoms with van der Waals surface area (Å²) in [5.74, 6) is -1.96. The minimum atomic E-state index is -0.883. The van der Waals surface area contributed by atoms with Crippen molar-refractivity contribution in [2.75, 3.05) is 18.5 Å². The van der Waals surface area contributed by atoms with Crippen LogP contribution in [0.5, 0.6) is 5.75 Å². The second kappa shape index (κ2) is 8.61. The highest BCUT2D eigenvalue weighted by Crippen LogP contribution is 2.14. The number of hydrogen-bond donors (Lipinski definition) is 2. The molecule has 2 aromatic rings. The lowest BCUT2D eigenvalue weighted by atomic mass is 10.3. The summed E-state index contributed by atoms with van der Waals surface area (Å²) in [6, 6.07) is 11.8. The molecular weight excluding hydrogens is 318 g/mol. The average molecular weight is 334 g/mol. The van der Waals surface area contributed by atoms with E-state index in [0.717, 1.165) is 12.1 Å². The lowest BCUT2D eigenvalue weighted by Crippen LogP contribution is -2.33. The van der Waals surface area contributed by atoms with Crippen molar-refractivity contribution in [1.29, 1.82) is 0 Å². The number of amides is 2. The smallest absolute Gasteiger partial charge is 0.243 e. The van der Waals surface area contributed by atoms with Crippen molar-refractivity contribution >= 4 is 17.5 Å². The zero-order valence-electron chi connectivity index (χ0n) is 12.7. The summed E-state index contributed by atoms with van der Waals surface area (Å²) < 4.78 is 31.5. The predicted octanol–water partition coefficient (Wildman–Crippen LogP) is 2.49. The molecule has 0 bridgehead atoms. The van der Waals surface area contributed by atoms with Gasteiger partial charge in [0.2, 0.25) is 11.8 Å². The highest BCUT2D eigenvalue weighted by molar-refractivity contribution is 5.94. The summed E-state index contributed by atoms with van der Waals surface area (Å²) in [7, 11) is 0. The van der Waals surface area contributed by atoms with Gasteiger partial charge in [0.05, 0.1) is 25.3 Å². The maximum Gasteiger partial charge on any atom is 0.243 e. The van der Waals surface area contributed by atoms with Crippen molar-refractivity contribution in [1.82, 2.24) is 5.32 Å². The van der Waals surface area contributed by atoms with Crippen LogP contribution in [0.2, 0.25) is 0 Å². The van der Waals surface area contributed by atoms with Crippen LogP contribution >= 0.6 is 0 Å². The molecule has 0 radical (unpaired) electrons. The van der Waals surface area contributed by atoms with Crippen LogP contribution in [-0.2, 0) is 9.59 Å². The Morgan fingerprint density at radius 1 is 1.00 bits per heavy atom. The van der Waals surface area contributed by atoms with Gasteiger partial charge in [-0.25, -0.2) is 8.78 Å². The summed E-state index contributed by atoms with van der Waals surface area (Å²) in [6.45, 7) is -0.148. The van der Waals surface area contributed by atoms with Crippen LogP contribution in [-0.4, -0.2) is 25.0 Å². The summed E-state index contributed by atoms with van der Waals surface area (Å²) in [4.78, 5) is 23.2. The number of para-hydroxylation sites is 1. The molecule has 0 aliphatic carbocycles. The molecule has 0 fully saturated rings. The molecule has 0 heterocycles. The second-order valence-corrected chi connectivity index (χ2v) is 4.86. The van der Waals surface area contributed by atoms with Crippen molar-refractivity contribution in [3.8, 4) is 5.75 Å². The number of carbonyl (C=O) groups is 2. The molecule has 0 aliphatic rings. The fraction of sp³-hybridized carbons (Fsp3) is 0.176. The molecule has 0 saturated carbocycles. The SMILES string of the molecule is O=C(CCOc1ccccc1)NCC(=O)Nc1ccc(F)cc1F. The van der Waals surface area contributed by atoms with Crippen LogP contribution < -0.4 is 15.4 Å². The first-order chi connectivity index (χ1) is 11.5. The summed E-state index contributed by atoms with van der Waals surface area (Å²) in [6.07, 6.45) is 0.0765. The molecule has 0 aromatic heterocycles. The predicted molar refractivity (Wildman–Crippen MR) is 84.6 cm³/mol. The lowest BCUT2D eigenvalue weighted by molar-refractivity contribution is -0.124. The Hall–Kier alpha value is -2.96. The lowest BCUT2D eigenvalue weighted by Gasteiger charge is -2.08. The van der Waals surface area contributed by atoms with E-state index >= 15 is 0 Å². The fourth-order valence-corrected chi connectivity index (χ4v) is 1.83. The van der Waals surface area contributed by atoms with E-state index in [1.54, 1.807) is 12.1 Å². The molecule has 2 N–H and O–H groups in total. The van der Waals surface area contributed by atoms with E-state index < -0.39 is 17.5 Å². The third kappa shape index (κ3) is 5.68. The Labute approximate surface area is 137 Å². The first-order valence-electron chi connectivity index (χ1n) is 7.24. The molecule has 7 heteroatoms. The number of carbonyl (C=O) groups excluding carboxylic acids is 2. The van der Waals surface area contributed by atoms with Gasteiger partial charge in [-0.3, -0.25) is 9.59 Å². The average Bonchev–Trinajstić information content (AvgIpc) is 2.56. The molecule has 2 amide bonds. The number of nitrogens with one attached hydrogen (secondary N) is 2. The number of halogens is 2. The van der Waals surface area contributed by atoms with Gasteiger partial charge in [0.1, 0.15) is 17.4 Å². The van der Waals surface area contributed by atoms with Crippen LogP contribution in [0.3, 0.4) is 0 Å². The Kier molecular flexibility index (Phi) is 6.24. The Morgan fingerprint density at radius 2 is 1.75 bits per heavy atom. The first kappa shape index (κ1) is 17.4. The van der Waals surface area contributed by atoms with Gasteiger partial charge in [0.25, 0.3) is 0 Å². The van der Waals surface area contributed by atoms with Gasteiger partial charge in [-0.1, -0.05) is 18.2 Å². The van der Waals surface area contributed by atoms with Gasteiger partial charge in [-0.2, -0.15) is 0 Å². The molecule has 5 nitrogen and oxygen atoms in total. The zero-order chi connectivity index (χ0) is 17.4. The molecule has 0 spiro atoms. The van der Waals surface area contributed by atoms with E-state index in [1.807, 2.05) is 18.2 Å². The number of benzene rings is 2. The van der Waals surface area contributed by atoms with Crippen molar-refractivity contribution in [2.24, 2.45) is 0 Å². The Morgan fingerprint density at radius 3 is 2.46 bits per heavy atom. The van der Waals surface area contributed by atoms with E-state index in [9.17, 15) is 18.4 Å². The molecule has 0 atom stereocenters. The van der Waals surface area contributed by atoms with E-state index in [4.69, 9.17) is 4.74 Å². The molecule has 2 aromatic carbocycles. The Balaban J connectivity index is 1.68. The molecule has 2 rings (SSSR count). The number of anilines is 1. The minimum Gasteiger partial charge on any atom is -0.493 e. The van der Waals surface area contributed by atoms with Gasteiger partial charge < -0.3 is 15.4 Å². The van der Waals surface area contributed by atoms with Gasteiger partial charge >= 0.3 is 0 Å². The molecule has 0 aliphatic heterocycles. The van der Waals surface area contributed by atoms with Crippen LogP contribution in [0, 0.1) is 11.6 Å². The van der Waals surface area contributed by atoms with Crippen molar-refractivity contribution < 1.29 is 23.1 Å². The third-order valence-corrected chi connectivity index (χ3v) is 2.99. The van der Waals surface area contributed by atoms with Gasteiger partial charge in [0.15, 0.2) is 0 Å². The standard InChI is InChI=1S/C17H16F2N2O3/c18-12-6-7-15(14(19)10-12)21-17(23)11-20-16(22)8-9-24-13-4-2-1-3-5-13/h1-7,10H,8-9,11H2,(H,20,22)(H,21,23). The summed E-state index contributed by atoms with van der Waals surface area (Å²) in [5, 5.41) is 4.64. The molecule has 0 unspecified atom stereocenters. The quantitative estimate of drug-likeness (QED) is 0.817. The van der Waals surface area contributed by atoms with Crippen LogP contribution in [0.4, 0.5) is 14.5 Å². The van der Waals surface area contributed by atoms with Crippen LogP contribution in [0.1, 0.15) is 6.42 Å². The zero-order valence-corrected chi connectivity index (χ0v) is 12.7. The van der Waals surface area contributed by atoms with Crippen molar-refractivity contribution in [2.45, 2.75) is 6.42 Å². The Bertz CT molecular complexity index is 708. The van der Waals surface area contributed by atoms with Gasteiger partial charge in [-0.05, 0) is 24.3 Å². The third-order valence-electron chi connectivity index (χ3n) is 2.99. The van der Waals surface area contributed by atoms with E-state index in [2.05, 4.69) is 10.6 Å². The molecule has 0 saturated heterocycles. The minimum absolute atomic E-state index is 0.0765. The maximum absolute atomic E-state index is 13.4. The van der Waals surface area contributed by atoms with Gasteiger partial charge in [0, 0.05) is 6.07 Å². The van der Waals surface area contributed by atoms with Crippen molar-refractivity contribution in [3.63, 3.8) is 0 Å².